The van der Waals surface area contributed by atoms with Crippen LogP contribution in [0.15, 0.2) is 70.4 Å². The second kappa shape index (κ2) is 7.67. The van der Waals surface area contributed by atoms with E-state index >= 15 is 0 Å². The summed E-state index contributed by atoms with van der Waals surface area (Å²) in [6.07, 6.45) is 0. The van der Waals surface area contributed by atoms with Crippen molar-refractivity contribution in [2.45, 2.75) is 25.7 Å². The van der Waals surface area contributed by atoms with Crippen LogP contribution in [0.4, 0.5) is 0 Å². The van der Waals surface area contributed by atoms with Gasteiger partial charge in [0.2, 0.25) is 0 Å². The first-order valence-electron chi connectivity index (χ1n) is 9.76. The molecule has 0 bridgehead atoms. The van der Waals surface area contributed by atoms with E-state index in [1.54, 1.807) is 39.1 Å². The fourth-order valence-electron chi connectivity index (χ4n) is 3.59. The van der Waals surface area contributed by atoms with Crippen LogP contribution in [-0.2, 0) is 17.2 Å². The summed E-state index contributed by atoms with van der Waals surface area (Å²) in [6, 6.07) is 17.5. The van der Waals surface area contributed by atoms with Gasteiger partial charge in [0.1, 0.15) is 10.6 Å². The average molecular weight is 435 g/mol. The smallest absolute Gasteiger partial charge is 0.339 e. The molecule has 7 heteroatoms. The highest BCUT2D eigenvalue weighted by Gasteiger charge is 2.20. The molecule has 0 aliphatic heterocycles. The van der Waals surface area contributed by atoms with Gasteiger partial charge in [0.15, 0.2) is 0 Å². The van der Waals surface area contributed by atoms with Gasteiger partial charge in [-0.3, -0.25) is 4.79 Å². The van der Waals surface area contributed by atoms with Crippen molar-refractivity contribution in [2.75, 3.05) is 0 Å². The molecule has 0 aliphatic rings. The Labute approximate surface area is 180 Å². The van der Waals surface area contributed by atoms with Gasteiger partial charge in [-0.2, -0.15) is 13.5 Å². The Balaban J connectivity index is 1.81. The van der Waals surface area contributed by atoms with Crippen LogP contribution >= 0.6 is 0 Å². The lowest BCUT2D eigenvalue weighted by molar-refractivity contribution is 0.482. The zero-order chi connectivity index (χ0) is 22.3. The number of benzene rings is 3. The first-order chi connectivity index (χ1) is 14.7. The lowest BCUT2D eigenvalue weighted by Crippen LogP contribution is -2.20. The number of fused-ring (bicyclic) bond motifs is 1. The summed E-state index contributed by atoms with van der Waals surface area (Å²) in [5.74, 6) is 0.290. The lowest BCUT2D eigenvalue weighted by Gasteiger charge is -2.15. The molecule has 4 aromatic rings. The molecule has 0 fully saturated rings. The lowest BCUT2D eigenvalue weighted by atomic mass is 10.00. The standard InChI is InChI=1S/C24H22N2O4S/c1-15-9-11-19(12-10-15)31(28,29)30-23-16(2)13-18(14-17(23)3)22-20-7-5-6-8-21(20)24(27)26(4)25-22/h5-14H,1-4H3. The van der Waals surface area contributed by atoms with E-state index in [-0.39, 0.29) is 10.5 Å². The Bertz CT molecular complexity index is 1450. The molecular formula is C24H22N2O4S. The highest BCUT2D eigenvalue weighted by molar-refractivity contribution is 7.87. The number of hydrogen-bond donors (Lipinski definition) is 0. The van der Waals surface area contributed by atoms with E-state index in [1.165, 1.54) is 16.8 Å². The molecular weight excluding hydrogens is 412 g/mol. The second-order valence-corrected chi connectivity index (χ2v) is 9.16. The second-order valence-electron chi connectivity index (χ2n) is 7.61. The van der Waals surface area contributed by atoms with E-state index in [0.29, 0.717) is 28.0 Å². The van der Waals surface area contributed by atoms with E-state index in [1.807, 2.05) is 37.3 Å². The van der Waals surface area contributed by atoms with Gasteiger partial charge in [-0.1, -0.05) is 35.9 Å². The van der Waals surface area contributed by atoms with Crippen LogP contribution in [0, 0.1) is 20.8 Å². The van der Waals surface area contributed by atoms with Gasteiger partial charge in [0.05, 0.1) is 11.1 Å². The molecule has 0 atom stereocenters. The predicted molar refractivity (Wildman–Crippen MR) is 121 cm³/mol. The summed E-state index contributed by atoms with van der Waals surface area (Å²) in [7, 11) is -2.35. The molecule has 0 aliphatic carbocycles. The van der Waals surface area contributed by atoms with E-state index in [2.05, 4.69) is 5.10 Å². The third kappa shape index (κ3) is 3.84. The molecule has 0 saturated carbocycles. The fourth-order valence-corrected chi connectivity index (χ4v) is 4.64. The van der Waals surface area contributed by atoms with Gasteiger partial charge >= 0.3 is 10.1 Å². The van der Waals surface area contributed by atoms with Crippen molar-refractivity contribution in [1.29, 1.82) is 0 Å². The summed E-state index contributed by atoms with van der Waals surface area (Å²) in [5.41, 5.74) is 3.54. The Morgan fingerprint density at radius 2 is 1.45 bits per heavy atom. The number of hydrogen-bond acceptors (Lipinski definition) is 5. The van der Waals surface area contributed by atoms with Crippen LogP contribution in [0.25, 0.3) is 22.0 Å². The number of rotatable bonds is 4. The largest absolute Gasteiger partial charge is 0.378 e. The fraction of sp³-hybridized carbons (Fsp3) is 0.167. The number of nitrogens with zero attached hydrogens (tertiary/aromatic N) is 2. The van der Waals surface area contributed by atoms with Crippen LogP contribution in [-0.4, -0.2) is 18.2 Å². The van der Waals surface area contributed by atoms with Crippen molar-refractivity contribution in [3.05, 3.63) is 87.7 Å². The summed E-state index contributed by atoms with van der Waals surface area (Å²) in [5, 5.41) is 5.78. The molecule has 0 saturated heterocycles. The van der Waals surface area contributed by atoms with Gasteiger partial charge < -0.3 is 4.18 Å². The SMILES string of the molecule is Cc1ccc(S(=O)(=O)Oc2c(C)cc(-c3nn(C)c(=O)c4ccccc34)cc2C)cc1. The maximum atomic E-state index is 12.8. The van der Waals surface area contributed by atoms with Crippen LogP contribution < -0.4 is 9.74 Å². The van der Waals surface area contributed by atoms with Crippen LogP contribution in [0.5, 0.6) is 5.75 Å². The zero-order valence-electron chi connectivity index (χ0n) is 17.7. The molecule has 0 radical (unpaired) electrons. The Morgan fingerprint density at radius 3 is 2.06 bits per heavy atom. The molecule has 1 aromatic heterocycles. The van der Waals surface area contributed by atoms with E-state index in [0.717, 1.165) is 16.5 Å². The highest BCUT2D eigenvalue weighted by atomic mass is 32.2. The van der Waals surface area contributed by atoms with Gasteiger partial charge in [0.25, 0.3) is 5.56 Å². The van der Waals surface area contributed by atoms with Gasteiger partial charge in [0, 0.05) is 18.0 Å². The molecule has 3 aromatic carbocycles. The normalized spacial score (nSPS) is 11.6. The van der Waals surface area contributed by atoms with Crippen molar-refractivity contribution in [1.82, 2.24) is 9.78 Å². The predicted octanol–water partition coefficient (Wildman–Crippen LogP) is 4.29. The third-order valence-corrected chi connectivity index (χ3v) is 6.43. The Hall–Kier alpha value is -3.45. The van der Waals surface area contributed by atoms with Gasteiger partial charge in [-0.25, -0.2) is 4.68 Å². The number of aromatic nitrogens is 2. The molecule has 4 rings (SSSR count). The Morgan fingerprint density at radius 1 is 0.871 bits per heavy atom. The first-order valence-corrected chi connectivity index (χ1v) is 11.2. The van der Waals surface area contributed by atoms with E-state index in [9.17, 15) is 13.2 Å². The molecule has 0 unspecified atom stereocenters. The molecule has 1 heterocycles. The van der Waals surface area contributed by atoms with Crippen molar-refractivity contribution < 1.29 is 12.6 Å². The summed E-state index contributed by atoms with van der Waals surface area (Å²) in [4.78, 5) is 12.5. The zero-order valence-corrected chi connectivity index (χ0v) is 18.5. The maximum absolute atomic E-state index is 12.8. The van der Waals surface area contributed by atoms with Crippen LogP contribution in [0.3, 0.4) is 0 Å². The van der Waals surface area contributed by atoms with Crippen molar-refractivity contribution >= 4 is 20.9 Å². The van der Waals surface area contributed by atoms with E-state index < -0.39 is 10.1 Å². The van der Waals surface area contributed by atoms with Crippen LogP contribution in [0.1, 0.15) is 16.7 Å². The third-order valence-electron chi connectivity index (χ3n) is 5.19. The van der Waals surface area contributed by atoms with E-state index in [4.69, 9.17) is 4.18 Å². The minimum absolute atomic E-state index is 0.103. The highest BCUT2D eigenvalue weighted by Crippen LogP contribution is 2.33. The maximum Gasteiger partial charge on any atom is 0.339 e. The van der Waals surface area contributed by atoms with Crippen molar-refractivity contribution in [3.8, 4) is 17.0 Å². The summed E-state index contributed by atoms with van der Waals surface area (Å²) < 4.78 is 32.3. The minimum atomic E-state index is -3.96. The molecule has 6 nitrogen and oxygen atoms in total. The van der Waals surface area contributed by atoms with Crippen LogP contribution in [0.2, 0.25) is 0 Å². The van der Waals surface area contributed by atoms with Gasteiger partial charge in [-0.15, -0.1) is 0 Å². The first kappa shape index (κ1) is 20.8. The molecule has 0 N–H and O–H groups in total. The Kier molecular flexibility index (Phi) is 5.15. The summed E-state index contributed by atoms with van der Waals surface area (Å²) in [6.45, 7) is 5.47. The molecule has 0 spiro atoms. The van der Waals surface area contributed by atoms with Crippen molar-refractivity contribution in [3.63, 3.8) is 0 Å². The van der Waals surface area contributed by atoms with Crippen molar-refractivity contribution in [2.24, 2.45) is 7.05 Å². The summed E-state index contributed by atoms with van der Waals surface area (Å²) >= 11 is 0. The quantitative estimate of drug-likeness (QED) is 0.448. The average Bonchev–Trinajstić information content (AvgIpc) is 2.73. The molecule has 31 heavy (non-hydrogen) atoms. The molecule has 158 valence electrons. The molecule has 0 amide bonds. The number of aryl methyl sites for hydroxylation is 4. The monoisotopic (exact) mass is 434 g/mol. The minimum Gasteiger partial charge on any atom is -0.378 e. The van der Waals surface area contributed by atoms with Gasteiger partial charge in [-0.05, 0) is 62.2 Å². The topological polar surface area (TPSA) is 78.3 Å².